The molecule has 9 heteroatoms. The Balaban J connectivity index is 1.49. The topological polar surface area (TPSA) is 65.8 Å². The number of furan rings is 1. The van der Waals surface area contributed by atoms with Gasteiger partial charge in [0.05, 0.1) is 12.3 Å². The lowest BCUT2D eigenvalue weighted by atomic mass is 10.2. The van der Waals surface area contributed by atoms with Gasteiger partial charge in [-0.05, 0) is 43.3 Å². The molecule has 2 heterocycles. The number of amides is 2. The number of carbonyl (C=O) groups excluding carboxylic acids is 2. The molecule has 1 aromatic heterocycles. The number of benzene rings is 1. The van der Waals surface area contributed by atoms with Crippen LogP contribution in [0.15, 0.2) is 52.0 Å². The fourth-order valence-electron chi connectivity index (χ4n) is 3.00. The summed E-state index contributed by atoms with van der Waals surface area (Å²) in [5.74, 6) is -2.49. The monoisotopic (exact) mass is 409 g/mol. The van der Waals surface area contributed by atoms with Crippen LogP contribution in [0.1, 0.15) is 17.5 Å². The summed E-state index contributed by atoms with van der Waals surface area (Å²) in [5.41, 5.74) is 0.557. The van der Waals surface area contributed by atoms with E-state index < -0.39 is 5.76 Å². The minimum Gasteiger partial charge on any atom is -0.459 e. The van der Waals surface area contributed by atoms with Gasteiger partial charge in [-0.3, -0.25) is 14.5 Å². The smallest absolute Gasteiger partial charge is 0.289 e. The van der Waals surface area contributed by atoms with Crippen molar-refractivity contribution in [1.29, 1.82) is 0 Å². The first-order valence-corrected chi connectivity index (χ1v) is 9.74. The number of nitrogens with one attached hydrogen (secondary N) is 1. The Morgan fingerprint density at radius 1 is 1.11 bits per heavy atom. The number of rotatable bonds is 6. The van der Waals surface area contributed by atoms with Crippen molar-refractivity contribution in [2.45, 2.75) is 23.6 Å². The Hall–Kier alpha value is -2.39. The SMILES string of the molecule is C[C@@H](C(=O)Nc1ccc(SC(F)F)cc1)N1CCN(C(=O)c2ccco2)CC1. The van der Waals surface area contributed by atoms with E-state index >= 15 is 0 Å². The van der Waals surface area contributed by atoms with Crippen molar-refractivity contribution in [3.05, 3.63) is 48.4 Å². The fraction of sp³-hybridized carbons (Fsp3) is 0.368. The first-order chi connectivity index (χ1) is 13.4. The number of nitrogens with zero attached hydrogens (tertiary/aromatic N) is 2. The molecule has 1 fully saturated rings. The molecule has 0 unspecified atom stereocenters. The number of thioether (sulfide) groups is 1. The molecular weight excluding hydrogens is 388 g/mol. The molecule has 0 radical (unpaired) electrons. The third kappa shape index (κ3) is 5.11. The van der Waals surface area contributed by atoms with Crippen LogP contribution in [0.25, 0.3) is 0 Å². The van der Waals surface area contributed by atoms with Crippen molar-refractivity contribution in [1.82, 2.24) is 9.80 Å². The average Bonchev–Trinajstić information content (AvgIpc) is 3.23. The van der Waals surface area contributed by atoms with Crippen LogP contribution in [0.5, 0.6) is 0 Å². The maximum atomic E-state index is 12.5. The van der Waals surface area contributed by atoms with Gasteiger partial charge in [0.15, 0.2) is 5.76 Å². The van der Waals surface area contributed by atoms with Gasteiger partial charge in [0.25, 0.3) is 11.7 Å². The molecule has 0 saturated carbocycles. The van der Waals surface area contributed by atoms with Crippen molar-refractivity contribution in [3.63, 3.8) is 0 Å². The minimum atomic E-state index is -2.47. The molecule has 1 saturated heterocycles. The molecule has 3 rings (SSSR count). The lowest BCUT2D eigenvalue weighted by Crippen LogP contribution is -2.54. The van der Waals surface area contributed by atoms with E-state index in [-0.39, 0.29) is 17.9 Å². The number of piperazine rings is 1. The number of anilines is 1. The molecule has 0 bridgehead atoms. The summed E-state index contributed by atoms with van der Waals surface area (Å²) in [4.78, 5) is 28.9. The van der Waals surface area contributed by atoms with Crippen LogP contribution in [-0.4, -0.2) is 59.6 Å². The number of carbonyl (C=O) groups is 2. The second kappa shape index (κ2) is 9.20. The van der Waals surface area contributed by atoms with Crippen molar-refractivity contribution in [2.24, 2.45) is 0 Å². The summed E-state index contributed by atoms with van der Waals surface area (Å²) in [6.07, 6.45) is 1.47. The number of alkyl halides is 2. The maximum Gasteiger partial charge on any atom is 0.289 e. The minimum absolute atomic E-state index is 0.150. The maximum absolute atomic E-state index is 12.5. The lowest BCUT2D eigenvalue weighted by Gasteiger charge is -2.37. The quantitative estimate of drug-likeness (QED) is 0.741. The van der Waals surface area contributed by atoms with Gasteiger partial charge in [0.1, 0.15) is 0 Å². The summed E-state index contributed by atoms with van der Waals surface area (Å²) < 4.78 is 29.9. The van der Waals surface area contributed by atoms with Crippen LogP contribution in [0.4, 0.5) is 14.5 Å². The van der Waals surface area contributed by atoms with Crippen molar-refractivity contribution in [2.75, 3.05) is 31.5 Å². The van der Waals surface area contributed by atoms with Gasteiger partial charge in [-0.2, -0.15) is 8.78 Å². The van der Waals surface area contributed by atoms with Gasteiger partial charge in [0.2, 0.25) is 5.91 Å². The molecule has 1 N–H and O–H groups in total. The molecule has 0 spiro atoms. The zero-order chi connectivity index (χ0) is 20.1. The summed E-state index contributed by atoms with van der Waals surface area (Å²) in [6.45, 7) is 3.98. The molecule has 1 aliphatic rings. The molecule has 2 aromatic rings. The summed E-state index contributed by atoms with van der Waals surface area (Å²) in [6, 6.07) is 9.25. The molecule has 28 heavy (non-hydrogen) atoms. The van der Waals surface area contributed by atoms with Crippen LogP contribution in [0.3, 0.4) is 0 Å². The van der Waals surface area contributed by atoms with Gasteiger partial charge in [-0.15, -0.1) is 0 Å². The van der Waals surface area contributed by atoms with Gasteiger partial charge in [-0.1, -0.05) is 11.8 Å². The highest BCUT2D eigenvalue weighted by Gasteiger charge is 2.28. The van der Waals surface area contributed by atoms with Gasteiger partial charge in [0, 0.05) is 36.8 Å². The first-order valence-electron chi connectivity index (χ1n) is 8.86. The van der Waals surface area contributed by atoms with Crippen LogP contribution in [0.2, 0.25) is 0 Å². The van der Waals surface area contributed by atoms with Crippen LogP contribution < -0.4 is 5.32 Å². The van der Waals surface area contributed by atoms with E-state index in [1.165, 1.54) is 6.26 Å². The molecule has 1 aliphatic heterocycles. The number of halogens is 2. The van der Waals surface area contributed by atoms with Crippen molar-refractivity contribution < 1.29 is 22.8 Å². The van der Waals surface area contributed by atoms with Crippen LogP contribution in [-0.2, 0) is 4.79 Å². The Bertz CT molecular complexity index is 791. The van der Waals surface area contributed by atoms with E-state index in [1.807, 2.05) is 4.90 Å². The van der Waals surface area contributed by atoms with E-state index in [0.29, 0.717) is 54.3 Å². The first kappa shape index (κ1) is 20.3. The van der Waals surface area contributed by atoms with E-state index in [1.54, 1.807) is 48.2 Å². The predicted molar refractivity (Wildman–Crippen MR) is 103 cm³/mol. The number of hydrogen-bond acceptors (Lipinski definition) is 5. The standard InChI is InChI=1S/C19H21F2N3O3S/c1-13(17(25)22-14-4-6-15(7-5-14)28-19(20)21)23-8-10-24(11-9-23)18(26)16-3-2-12-27-16/h2-7,12-13,19H,8-11H2,1H3,(H,22,25)/t13-/m0/s1. The van der Waals surface area contributed by atoms with E-state index in [4.69, 9.17) is 4.42 Å². The normalized spacial score (nSPS) is 16.2. The van der Waals surface area contributed by atoms with Crippen molar-refractivity contribution >= 4 is 29.3 Å². The average molecular weight is 409 g/mol. The van der Waals surface area contributed by atoms with Crippen LogP contribution >= 0.6 is 11.8 Å². The molecule has 1 atom stereocenters. The zero-order valence-corrected chi connectivity index (χ0v) is 16.1. The second-order valence-electron chi connectivity index (χ2n) is 6.37. The molecule has 2 amide bonds. The number of hydrogen-bond donors (Lipinski definition) is 1. The zero-order valence-electron chi connectivity index (χ0n) is 15.3. The Morgan fingerprint density at radius 2 is 1.79 bits per heavy atom. The Morgan fingerprint density at radius 3 is 2.36 bits per heavy atom. The lowest BCUT2D eigenvalue weighted by molar-refractivity contribution is -0.121. The Labute approximate surface area is 165 Å². The summed E-state index contributed by atoms with van der Waals surface area (Å²) in [7, 11) is 0. The van der Waals surface area contributed by atoms with E-state index in [9.17, 15) is 18.4 Å². The fourth-order valence-corrected chi connectivity index (χ4v) is 3.50. The van der Waals surface area contributed by atoms with Gasteiger partial charge in [-0.25, -0.2) is 0 Å². The van der Waals surface area contributed by atoms with E-state index in [2.05, 4.69) is 5.32 Å². The van der Waals surface area contributed by atoms with Crippen molar-refractivity contribution in [3.8, 4) is 0 Å². The van der Waals surface area contributed by atoms with Gasteiger partial charge < -0.3 is 14.6 Å². The molecular formula is C19H21F2N3O3S. The summed E-state index contributed by atoms with van der Waals surface area (Å²) in [5, 5.41) is 2.80. The third-order valence-corrected chi connectivity index (χ3v) is 5.33. The summed E-state index contributed by atoms with van der Waals surface area (Å²) >= 11 is 0.463. The highest BCUT2D eigenvalue weighted by Crippen LogP contribution is 2.26. The molecule has 150 valence electrons. The van der Waals surface area contributed by atoms with Gasteiger partial charge >= 0.3 is 0 Å². The van der Waals surface area contributed by atoms with Crippen LogP contribution in [0, 0.1) is 0 Å². The second-order valence-corrected chi connectivity index (χ2v) is 7.44. The molecule has 1 aromatic carbocycles. The Kier molecular flexibility index (Phi) is 6.69. The molecule has 0 aliphatic carbocycles. The van der Waals surface area contributed by atoms with E-state index in [0.717, 1.165) is 0 Å². The largest absolute Gasteiger partial charge is 0.459 e. The highest BCUT2D eigenvalue weighted by atomic mass is 32.2. The highest BCUT2D eigenvalue weighted by molar-refractivity contribution is 7.99. The third-order valence-electron chi connectivity index (χ3n) is 4.61. The molecule has 6 nitrogen and oxygen atoms in total. The predicted octanol–water partition coefficient (Wildman–Crippen LogP) is 3.38.